The molecule has 2 heterocycles. The summed E-state index contributed by atoms with van der Waals surface area (Å²) in [5.41, 5.74) is 3.49. The van der Waals surface area contributed by atoms with E-state index in [-0.39, 0.29) is 11.4 Å². The molecule has 1 N–H and O–H groups in total. The molecule has 1 saturated heterocycles. The number of ether oxygens (including phenoxy) is 1. The lowest BCUT2D eigenvalue weighted by molar-refractivity contribution is 0.0699. The second-order valence-corrected chi connectivity index (χ2v) is 8.42. The van der Waals surface area contributed by atoms with Gasteiger partial charge in [0.25, 0.3) is 0 Å². The summed E-state index contributed by atoms with van der Waals surface area (Å²) < 4.78 is 18.9. The van der Waals surface area contributed by atoms with E-state index in [0.717, 1.165) is 31.7 Å². The summed E-state index contributed by atoms with van der Waals surface area (Å²) in [5.74, 6) is 0.569. The van der Waals surface area contributed by atoms with Gasteiger partial charge in [0, 0.05) is 18.7 Å². The van der Waals surface area contributed by atoms with Crippen LogP contribution in [0.1, 0.15) is 34.7 Å². The molecule has 1 aliphatic heterocycles. The average Bonchev–Trinajstić information content (AvgIpc) is 2.88. The van der Waals surface area contributed by atoms with Gasteiger partial charge in [-0.1, -0.05) is 18.2 Å². The molecule has 172 valence electrons. The van der Waals surface area contributed by atoms with Crippen molar-refractivity contribution in [3.63, 3.8) is 0 Å². The summed E-state index contributed by atoms with van der Waals surface area (Å²) in [6.45, 7) is 1.56. The fourth-order valence-electron chi connectivity index (χ4n) is 4.56. The van der Waals surface area contributed by atoms with E-state index in [0.29, 0.717) is 34.0 Å². The SMILES string of the molecule is COc1ccc(C2CCN(c3nc4cccc(C(=O)O)c4nc3-c3ccc(F)cc3)CC2)cc1. The van der Waals surface area contributed by atoms with Crippen molar-refractivity contribution < 1.29 is 19.0 Å². The number of benzene rings is 3. The van der Waals surface area contributed by atoms with Gasteiger partial charge in [0.05, 0.1) is 18.2 Å². The molecule has 7 heteroatoms. The summed E-state index contributed by atoms with van der Waals surface area (Å²) in [6.07, 6.45) is 1.90. The molecule has 0 aliphatic carbocycles. The van der Waals surface area contributed by atoms with Gasteiger partial charge < -0.3 is 14.7 Å². The number of hydrogen-bond donors (Lipinski definition) is 1. The van der Waals surface area contributed by atoms with Crippen LogP contribution in [0.5, 0.6) is 5.75 Å². The molecule has 4 aromatic rings. The number of hydrogen-bond acceptors (Lipinski definition) is 5. The lowest BCUT2D eigenvalue weighted by Crippen LogP contribution is -2.34. The molecule has 0 unspecified atom stereocenters. The zero-order valence-corrected chi connectivity index (χ0v) is 18.7. The summed E-state index contributed by atoms with van der Waals surface area (Å²) in [4.78, 5) is 23.6. The summed E-state index contributed by atoms with van der Waals surface area (Å²) >= 11 is 0. The number of aromatic carboxylic acids is 1. The smallest absolute Gasteiger partial charge is 0.337 e. The van der Waals surface area contributed by atoms with Gasteiger partial charge in [0.2, 0.25) is 0 Å². The number of carbonyl (C=O) groups is 1. The van der Waals surface area contributed by atoms with Crippen molar-refractivity contribution in [2.45, 2.75) is 18.8 Å². The molecule has 5 rings (SSSR count). The maximum absolute atomic E-state index is 13.6. The van der Waals surface area contributed by atoms with E-state index in [1.807, 2.05) is 12.1 Å². The number of nitrogens with zero attached hydrogens (tertiary/aromatic N) is 3. The molecule has 6 nitrogen and oxygen atoms in total. The molecule has 3 aromatic carbocycles. The van der Waals surface area contributed by atoms with Crippen LogP contribution >= 0.6 is 0 Å². The van der Waals surface area contributed by atoms with Crippen LogP contribution in [0, 0.1) is 5.82 Å². The van der Waals surface area contributed by atoms with E-state index in [1.54, 1.807) is 31.4 Å². The molecular weight excluding hydrogens is 433 g/mol. The molecule has 0 spiro atoms. The first-order valence-electron chi connectivity index (χ1n) is 11.2. The van der Waals surface area contributed by atoms with Crippen LogP contribution in [0.3, 0.4) is 0 Å². The lowest BCUT2D eigenvalue weighted by Gasteiger charge is -2.34. The van der Waals surface area contributed by atoms with Gasteiger partial charge >= 0.3 is 5.97 Å². The molecule has 0 amide bonds. The van der Waals surface area contributed by atoms with Gasteiger partial charge in [0.15, 0.2) is 5.82 Å². The maximum atomic E-state index is 13.6. The first-order valence-corrected chi connectivity index (χ1v) is 11.2. The summed E-state index contributed by atoms with van der Waals surface area (Å²) in [5, 5.41) is 9.63. The van der Waals surface area contributed by atoms with Crippen LogP contribution in [-0.2, 0) is 0 Å². The number of anilines is 1. The topological polar surface area (TPSA) is 75.5 Å². The molecule has 1 aromatic heterocycles. The van der Waals surface area contributed by atoms with Gasteiger partial charge in [-0.2, -0.15) is 0 Å². The Hall–Kier alpha value is -4.00. The van der Waals surface area contributed by atoms with Crippen LogP contribution in [-0.4, -0.2) is 41.2 Å². The minimum absolute atomic E-state index is 0.0955. The number of fused-ring (bicyclic) bond motifs is 1. The Morgan fingerprint density at radius 1 is 1.00 bits per heavy atom. The Kier molecular flexibility index (Phi) is 5.84. The molecule has 0 radical (unpaired) electrons. The monoisotopic (exact) mass is 457 g/mol. The molecule has 0 bridgehead atoms. The molecule has 1 fully saturated rings. The normalized spacial score (nSPS) is 14.4. The van der Waals surface area contributed by atoms with E-state index in [2.05, 4.69) is 17.0 Å². The number of halogens is 1. The lowest BCUT2D eigenvalue weighted by atomic mass is 9.89. The zero-order valence-electron chi connectivity index (χ0n) is 18.7. The van der Waals surface area contributed by atoms with E-state index in [9.17, 15) is 14.3 Å². The van der Waals surface area contributed by atoms with Crippen molar-refractivity contribution in [2.75, 3.05) is 25.1 Å². The van der Waals surface area contributed by atoms with Gasteiger partial charge in [-0.15, -0.1) is 0 Å². The number of carboxylic acids is 1. The first-order chi connectivity index (χ1) is 16.5. The highest BCUT2D eigenvalue weighted by Crippen LogP contribution is 2.36. The van der Waals surface area contributed by atoms with E-state index < -0.39 is 5.97 Å². The third kappa shape index (κ3) is 4.17. The second kappa shape index (κ2) is 9.09. The van der Waals surface area contributed by atoms with Gasteiger partial charge in [-0.25, -0.2) is 19.2 Å². The van der Waals surface area contributed by atoms with Gasteiger partial charge in [-0.3, -0.25) is 0 Å². The van der Waals surface area contributed by atoms with Crippen LogP contribution in [0.2, 0.25) is 0 Å². The predicted molar refractivity (Wildman–Crippen MR) is 129 cm³/mol. The van der Waals surface area contributed by atoms with Crippen molar-refractivity contribution in [3.8, 4) is 17.0 Å². The van der Waals surface area contributed by atoms with E-state index >= 15 is 0 Å². The van der Waals surface area contributed by atoms with E-state index in [1.165, 1.54) is 23.8 Å². The van der Waals surface area contributed by atoms with Crippen molar-refractivity contribution in [3.05, 3.63) is 83.7 Å². The minimum atomic E-state index is -1.06. The van der Waals surface area contributed by atoms with Crippen molar-refractivity contribution in [1.82, 2.24) is 9.97 Å². The van der Waals surface area contributed by atoms with Crippen LogP contribution in [0.4, 0.5) is 10.2 Å². The maximum Gasteiger partial charge on any atom is 0.337 e. The molecule has 0 atom stereocenters. The third-order valence-electron chi connectivity index (χ3n) is 6.41. The Bertz CT molecular complexity index is 1330. The molecule has 34 heavy (non-hydrogen) atoms. The van der Waals surface area contributed by atoms with E-state index in [4.69, 9.17) is 14.7 Å². The Morgan fingerprint density at radius 3 is 2.35 bits per heavy atom. The standard InChI is InChI=1S/C27H24FN3O3/c1-34-21-11-7-17(8-12-21)18-13-15-31(16-14-18)26-24(19-5-9-20(28)10-6-19)30-25-22(27(32)33)3-2-4-23(25)29-26/h2-12,18H,13-16H2,1H3,(H,32,33). The quantitative estimate of drug-likeness (QED) is 0.425. The van der Waals surface area contributed by atoms with Crippen molar-refractivity contribution >= 4 is 22.8 Å². The molecule has 0 saturated carbocycles. The highest BCUT2D eigenvalue weighted by molar-refractivity contribution is 6.01. The third-order valence-corrected chi connectivity index (χ3v) is 6.41. The fraction of sp³-hybridized carbons (Fsp3) is 0.222. The van der Waals surface area contributed by atoms with Crippen LogP contribution in [0.25, 0.3) is 22.3 Å². The zero-order chi connectivity index (χ0) is 23.7. The predicted octanol–water partition coefficient (Wildman–Crippen LogP) is 5.53. The van der Waals surface area contributed by atoms with Crippen LogP contribution < -0.4 is 9.64 Å². The Labute approximate surface area is 196 Å². The number of rotatable bonds is 5. The highest BCUT2D eigenvalue weighted by atomic mass is 19.1. The van der Waals surface area contributed by atoms with Crippen molar-refractivity contribution in [1.29, 1.82) is 0 Å². The summed E-state index contributed by atoms with van der Waals surface area (Å²) in [6, 6.07) is 19.3. The molecule has 1 aliphatic rings. The van der Waals surface area contributed by atoms with Crippen molar-refractivity contribution in [2.24, 2.45) is 0 Å². The van der Waals surface area contributed by atoms with Crippen LogP contribution in [0.15, 0.2) is 66.7 Å². The summed E-state index contributed by atoms with van der Waals surface area (Å²) in [7, 11) is 1.66. The number of aromatic nitrogens is 2. The average molecular weight is 458 g/mol. The highest BCUT2D eigenvalue weighted by Gasteiger charge is 2.25. The first kappa shape index (κ1) is 21.8. The largest absolute Gasteiger partial charge is 0.497 e. The Morgan fingerprint density at radius 2 is 1.71 bits per heavy atom. The van der Waals surface area contributed by atoms with Gasteiger partial charge in [-0.05, 0) is 72.9 Å². The number of carboxylic acid groups (broad SMARTS) is 1. The number of methoxy groups -OCH3 is 1. The fourth-order valence-corrected chi connectivity index (χ4v) is 4.56. The Balaban J connectivity index is 1.51. The van der Waals surface area contributed by atoms with Gasteiger partial charge in [0.1, 0.15) is 22.8 Å². The number of para-hydroxylation sites is 1. The minimum Gasteiger partial charge on any atom is -0.497 e. The number of piperidine rings is 1. The second-order valence-electron chi connectivity index (χ2n) is 8.42. The molecular formula is C27H24FN3O3.